The summed E-state index contributed by atoms with van der Waals surface area (Å²) in [6.45, 7) is -0.291. The molecule has 0 atom stereocenters. The third-order valence-corrected chi connectivity index (χ3v) is 3.59. The average molecular weight is 309 g/mol. The average Bonchev–Trinajstić information content (AvgIpc) is 2.73. The first kappa shape index (κ1) is 14.9. The van der Waals surface area contributed by atoms with Crippen LogP contribution in [0.4, 0.5) is 5.69 Å². The molecular formula is C17H15N3O3. The van der Waals surface area contributed by atoms with E-state index in [2.05, 4.69) is 9.83 Å². The zero-order chi connectivity index (χ0) is 16.2. The molecule has 0 bridgehead atoms. The van der Waals surface area contributed by atoms with E-state index in [4.69, 9.17) is 5.90 Å². The van der Waals surface area contributed by atoms with Crippen LogP contribution in [0.5, 0.6) is 0 Å². The van der Waals surface area contributed by atoms with Crippen molar-refractivity contribution >= 4 is 23.3 Å². The number of nitrogens with two attached hydrogens (primary N) is 1. The van der Waals surface area contributed by atoms with Gasteiger partial charge in [-0.15, -0.1) is 0 Å². The van der Waals surface area contributed by atoms with Crippen LogP contribution in [0, 0.1) is 0 Å². The molecule has 3 rings (SSSR count). The summed E-state index contributed by atoms with van der Waals surface area (Å²) in [4.78, 5) is 33.9. The Balaban J connectivity index is 2.09. The number of hydrogen-bond donors (Lipinski definition) is 1. The van der Waals surface area contributed by atoms with Gasteiger partial charge in [0, 0.05) is 11.1 Å². The van der Waals surface area contributed by atoms with Gasteiger partial charge in [-0.05, 0) is 6.07 Å². The molecule has 116 valence electrons. The maximum Gasteiger partial charge on any atom is 0.344 e. The number of carbonyl (C=O) groups excluding carboxylic acids is 2. The van der Waals surface area contributed by atoms with E-state index in [-0.39, 0.29) is 19.0 Å². The van der Waals surface area contributed by atoms with Crippen molar-refractivity contribution in [1.29, 1.82) is 0 Å². The number of amides is 1. The first-order valence-corrected chi connectivity index (χ1v) is 7.10. The quantitative estimate of drug-likeness (QED) is 0.866. The van der Waals surface area contributed by atoms with Crippen LogP contribution in [-0.4, -0.2) is 30.7 Å². The molecule has 2 aromatic rings. The van der Waals surface area contributed by atoms with Crippen molar-refractivity contribution in [3.05, 3.63) is 65.7 Å². The standard InChI is InChI=1S/C17H15N3O3/c18-23-16(22)11-20-14-9-5-4-8-13(14)17(19-10-15(20)21)12-6-2-1-3-7-12/h1-9H,10-11,18H2. The Morgan fingerprint density at radius 1 is 1.13 bits per heavy atom. The van der Waals surface area contributed by atoms with Gasteiger partial charge in [0.1, 0.15) is 13.1 Å². The molecule has 2 aromatic carbocycles. The van der Waals surface area contributed by atoms with Crippen LogP contribution in [0.15, 0.2) is 59.6 Å². The number of para-hydroxylation sites is 1. The van der Waals surface area contributed by atoms with Crippen molar-refractivity contribution in [3.8, 4) is 0 Å². The predicted octanol–water partition coefficient (Wildman–Crippen LogP) is 1.29. The van der Waals surface area contributed by atoms with Crippen molar-refractivity contribution in [2.75, 3.05) is 18.0 Å². The molecule has 1 amide bonds. The summed E-state index contributed by atoms with van der Waals surface area (Å²) in [7, 11) is 0. The zero-order valence-electron chi connectivity index (χ0n) is 12.3. The Morgan fingerprint density at radius 3 is 2.57 bits per heavy atom. The van der Waals surface area contributed by atoms with Crippen molar-refractivity contribution in [3.63, 3.8) is 0 Å². The van der Waals surface area contributed by atoms with E-state index in [9.17, 15) is 9.59 Å². The number of carbonyl (C=O) groups is 2. The molecule has 0 spiro atoms. The van der Waals surface area contributed by atoms with Crippen molar-refractivity contribution in [1.82, 2.24) is 0 Å². The normalized spacial score (nSPS) is 13.9. The number of rotatable bonds is 3. The monoisotopic (exact) mass is 309 g/mol. The molecule has 0 aliphatic carbocycles. The van der Waals surface area contributed by atoms with Crippen molar-refractivity contribution < 1.29 is 14.4 Å². The summed E-state index contributed by atoms with van der Waals surface area (Å²) in [6, 6.07) is 16.9. The Bertz CT molecular complexity index is 772. The molecule has 0 fully saturated rings. The first-order valence-electron chi connectivity index (χ1n) is 7.10. The van der Waals surface area contributed by atoms with Crippen LogP contribution in [0.2, 0.25) is 0 Å². The Morgan fingerprint density at radius 2 is 1.83 bits per heavy atom. The summed E-state index contributed by atoms with van der Waals surface area (Å²) in [6.07, 6.45) is 0. The van der Waals surface area contributed by atoms with Gasteiger partial charge in [-0.3, -0.25) is 14.7 Å². The molecular weight excluding hydrogens is 294 g/mol. The van der Waals surface area contributed by atoms with Crippen LogP contribution >= 0.6 is 0 Å². The van der Waals surface area contributed by atoms with Gasteiger partial charge in [0.05, 0.1) is 11.4 Å². The number of benzodiazepines with no additional fused rings is 1. The number of fused-ring (bicyclic) bond motifs is 1. The second-order valence-electron chi connectivity index (χ2n) is 5.02. The molecule has 0 aromatic heterocycles. The molecule has 2 N–H and O–H groups in total. The highest BCUT2D eigenvalue weighted by atomic mass is 16.7. The number of anilines is 1. The summed E-state index contributed by atoms with van der Waals surface area (Å²) in [5.41, 5.74) is 3.03. The minimum Gasteiger partial charge on any atom is -0.372 e. The largest absolute Gasteiger partial charge is 0.372 e. The first-order chi connectivity index (χ1) is 11.2. The SMILES string of the molecule is NOC(=O)CN1C(=O)CN=C(c2ccccc2)c2ccccc21. The molecule has 6 heteroatoms. The molecule has 0 saturated heterocycles. The Hall–Kier alpha value is -2.99. The van der Waals surface area contributed by atoms with Gasteiger partial charge in [-0.2, -0.15) is 5.90 Å². The smallest absolute Gasteiger partial charge is 0.344 e. The molecule has 0 saturated carbocycles. The van der Waals surface area contributed by atoms with Crippen LogP contribution in [-0.2, 0) is 14.4 Å². The third-order valence-electron chi connectivity index (χ3n) is 3.59. The van der Waals surface area contributed by atoms with E-state index < -0.39 is 5.97 Å². The molecule has 23 heavy (non-hydrogen) atoms. The highest BCUT2D eigenvalue weighted by molar-refractivity contribution is 6.20. The number of benzene rings is 2. The minimum absolute atomic E-state index is 0.0449. The lowest BCUT2D eigenvalue weighted by Crippen LogP contribution is -2.38. The summed E-state index contributed by atoms with van der Waals surface area (Å²) >= 11 is 0. The molecule has 0 radical (unpaired) electrons. The van der Waals surface area contributed by atoms with Crippen molar-refractivity contribution in [2.45, 2.75) is 0 Å². The van der Waals surface area contributed by atoms with Crippen molar-refractivity contribution in [2.24, 2.45) is 10.9 Å². The van der Waals surface area contributed by atoms with Gasteiger partial charge < -0.3 is 4.84 Å². The Kier molecular flexibility index (Phi) is 4.16. The summed E-state index contributed by atoms with van der Waals surface area (Å²) < 4.78 is 0. The van der Waals surface area contributed by atoms with Crippen LogP contribution in [0.3, 0.4) is 0 Å². The van der Waals surface area contributed by atoms with E-state index in [0.29, 0.717) is 5.69 Å². The second-order valence-corrected chi connectivity index (χ2v) is 5.02. The highest BCUT2D eigenvalue weighted by Crippen LogP contribution is 2.26. The minimum atomic E-state index is -0.684. The Labute approximate surface area is 133 Å². The van der Waals surface area contributed by atoms with Gasteiger partial charge in [-0.1, -0.05) is 48.5 Å². The van der Waals surface area contributed by atoms with Gasteiger partial charge in [0.2, 0.25) is 5.91 Å². The van der Waals surface area contributed by atoms with Gasteiger partial charge >= 0.3 is 5.97 Å². The predicted molar refractivity (Wildman–Crippen MR) is 86.0 cm³/mol. The van der Waals surface area contributed by atoms with Crippen LogP contribution in [0.1, 0.15) is 11.1 Å². The van der Waals surface area contributed by atoms with Gasteiger partial charge in [0.15, 0.2) is 0 Å². The summed E-state index contributed by atoms with van der Waals surface area (Å²) in [5, 5.41) is 0. The fraction of sp³-hybridized carbons (Fsp3) is 0.118. The maximum absolute atomic E-state index is 12.4. The van der Waals surface area contributed by atoms with E-state index in [1.807, 2.05) is 42.5 Å². The maximum atomic E-state index is 12.4. The molecule has 0 unspecified atom stereocenters. The van der Waals surface area contributed by atoms with Gasteiger partial charge in [-0.25, -0.2) is 4.79 Å². The van der Waals surface area contributed by atoms with Gasteiger partial charge in [0.25, 0.3) is 0 Å². The lowest BCUT2D eigenvalue weighted by atomic mass is 10.0. The van der Waals surface area contributed by atoms with Crippen LogP contribution in [0.25, 0.3) is 0 Å². The van der Waals surface area contributed by atoms with E-state index in [0.717, 1.165) is 16.8 Å². The zero-order valence-corrected chi connectivity index (χ0v) is 12.3. The van der Waals surface area contributed by atoms with Crippen LogP contribution < -0.4 is 10.8 Å². The fourth-order valence-corrected chi connectivity index (χ4v) is 2.54. The number of nitrogens with zero attached hydrogens (tertiary/aromatic N) is 2. The molecule has 1 aliphatic heterocycles. The second kappa shape index (κ2) is 6.41. The number of hydrogen-bond acceptors (Lipinski definition) is 5. The van der Waals surface area contributed by atoms with E-state index in [1.54, 1.807) is 12.1 Å². The summed E-state index contributed by atoms with van der Waals surface area (Å²) in [5.74, 6) is 3.93. The fourth-order valence-electron chi connectivity index (χ4n) is 2.54. The third kappa shape index (κ3) is 2.97. The molecule has 6 nitrogen and oxygen atoms in total. The molecule has 1 heterocycles. The molecule has 1 aliphatic rings. The number of aliphatic imine (C=N–C) groups is 1. The lowest BCUT2D eigenvalue weighted by molar-refractivity contribution is -0.143. The topological polar surface area (TPSA) is 85.0 Å². The lowest BCUT2D eigenvalue weighted by Gasteiger charge is -2.21. The van der Waals surface area contributed by atoms with E-state index >= 15 is 0 Å². The van der Waals surface area contributed by atoms with E-state index in [1.165, 1.54) is 4.90 Å². The highest BCUT2D eigenvalue weighted by Gasteiger charge is 2.26.